The first-order valence-electron chi connectivity index (χ1n) is 5.83. The minimum Gasteiger partial charge on any atom is -0.484 e. The van der Waals surface area contributed by atoms with Crippen LogP contribution in [0.4, 0.5) is 0 Å². The fourth-order valence-corrected chi connectivity index (χ4v) is 1.81. The van der Waals surface area contributed by atoms with Crippen molar-refractivity contribution in [2.75, 3.05) is 19.0 Å². The highest BCUT2D eigenvalue weighted by Gasteiger charge is 2.06. The van der Waals surface area contributed by atoms with Gasteiger partial charge in [-0.05, 0) is 36.6 Å². The minimum absolute atomic E-state index is 0.00915. The third kappa shape index (κ3) is 6.12. The molecule has 0 spiro atoms. The van der Waals surface area contributed by atoms with Crippen LogP contribution in [0.5, 0.6) is 5.75 Å². The van der Waals surface area contributed by atoms with Gasteiger partial charge in [0.2, 0.25) is 0 Å². The lowest BCUT2D eigenvalue weighted by Gasteiger charge is -2.11. The van der Waals surface area contributed by atoms with E-state index < -0.39 is 0 Å². The number of hydrogen-bond donors (Lipinski definition) is 1. The van der Waals surface area contributed by atoms with Gasteiger partial charge >= 0.3 is 0 Å². The van der Waals surface area contributed by atoms with E-state index in [0.29, 0.717) is 29.1 Å². The third-order valence-corrected chi connectivity index (χ3v) is 2.90. The topological polar surface area (TPSA) is 38.3 Å². The predicted molar refractivity (Wildman–Crippen MR) is 74.5 cm³/mol. The monoisotopic (exact) mass is 289 g/mol. The summed E-state index contributed by atoms with van der Waals surface area (Å²) in [5.41, 5.74) is 0. The molecule has 1 aromatic rings. The quantitative estimate of drug-likeness (QED) is 0.784. The fourth-order valence-electron chi connectivity index (χ4n) is 1.31. The maximum absolute atomic E-state index is 11.5. The highest BCUT2D eigenvalue weighted by Crippen LogP contribution is 2.15. The summed E-state index contributed by atoms with van der Waals surface area (Å²) in [6.45, 7) is 2.67. The molecule has 3 nitrogen and oxygen atoms in total. The van der Waals surface area contributed by atoms with Crippen LogP contribution in [0, 0.1) is 5.92 Å². The molecule has 0 fully saturated rings. The smallest absolute Gasteiger partial charge is 0.257 e. The fraction of sp³-hybridized carbons (Fsp3) is 0.462. The van der Waals surface area contributed by atoms with Gasteiger partial charge in [0.15, 0.2) is 6.61 Å². The summed E-state index contributed by atoms with van der Waals surface area (Å²) in [5, 5.41) is 3.44. The van der Waals surface area contributed by atoms with Crippen LogP contribution in [0.1, 0.15) is 13.3 Å². The van der Waals surface area contributed by atoms with Crippen LogP contribution in [0.15, 0.2) is 24.3 Å². The van der Waals surface area contributed by atoms with E-state index >= 15 is 0 Å². The maximum atomic E-state index is 11.5. The Kier molecular flexibility index (Phi) is 6.91. The molecule has 100 valence electrons. The Bertz CT molecular complexity index is 368. The van der Waals surface area contributed by atoms with Gasteiger partial charge in [-0.3, -0.25) is 4.79 Å². The Hall–Kier alpha value is -0.930. The summed E-state index contributed by atoms with van der Waals surface area (Å²) < 4.78 is 5.32. The molecule has 1 atom stereocenters. The highest BCUT2D eigenvalue weighted by atomic mass is 35.5. The standard InChI is InChI=1S/C13H17Cl2NO2/c1-10(6-7-14)8-16-13(17)9-18-12-4-2-11(15)3-5-12/h2-5,10H,6-9H2,1H3,(H,16,17). The molecule has 0 heterocycles. The lowest BCUT2D eigenvalue weighted by molar-refractivity contribution is -0.123. The molecule has 1 aromatic carbocycles. The lowest BCUT2D eigenvalue weighted by Crippen LogP contribution is -2.32. The molecule has 5 heteroatoms. The second kappa shape index (κ2) is 8.22. The largest absolute Gasteiger partial charge is 0.484 e. The molecule has 1 amide bonds. The average molecular weight is 290 g/mol. The Morgan fingerprint density at radius 3 is 2.67 bits per heavy atom. The van der Waals surface area contributed by atoms with Crippen LogP contribution in [0.25, 0.3) is 0 Å². The highest BCUT2D eigenvalue weighted by molar-refractivity contribution is 6.30. The van der Waals surface area contributed by atoms with Crippen molar-refractivity contribution in [2.24, 2.45) is 5.92 Å². The molecule has 0 aliphatic rings. The van der Waals surface area contributed by atoms with Crippen LogP contribution >= 0.6 is 23.2 Å². The van der Waals surface area contributed by atoms with Gasteiger partial charge in [0.25, 0.3) is 5.91 Å². The second-order valence-electron chi connectivity index (χ2n) is 4.13. The van der Waals surface area contributed by atoms with Crippen molar-refractivity contribution in [3.8, 4) is 5.75 Å². The van der Waals surface area contributed by atoms with E-state index in [0.717, 1.165) is 6.42 Å². The molecule has 1 rings (SSSR count). The van der Waals surface area contributed by atoms with E-state index in [4.69, 9.17) is 27.9 Å². The number of halogens is 2. The van der Waals surface area contributed by atoms with Gasteiger partial charge in [0, 0.05) is 17.4 Å². The number of hydrogen-bond acceptors (Lipinski definition) is 2. The van der Waals surface area contributed by atoms with Gasteiger partial charge in [-0.15, -0.1) is 11.6 Å². The van der Waals surface area contributed by atoms with Gasteiger partial charge in [-0.2, -0.15) is 0 Å². The van der Waals surface area contributed by atoms with Crippen molar-refractivity contribution in [3.05, 3.63) is 29.3 Å². The van der Waals surface area contributed by atoms with Crippen LogP contribution in [0.2, 0.25) is 5.02 Å². The first kappa shape index (κ1) is 15.1. The molecule has 1 N–H and O–H groups in total. The predicted octanol–water partition coefficient (Wildman–Crippen LogP) is 3.10. The number of carbonyl (C=O) groups excluding carboxylic acids is 1. The molecule has 0 aliphatic carbocycles. The van der Waals surface area contributed by atoms with E-state index in [1.54, 1.807) is 24.3 Å². The van der Waals surface area contributed by atoms with E-state index in [1.165, 1.54) is 0 Å². The minimum atomic E-state index is -0.133. The van der Waals surface area contributed by atoms with Gasteiger partial charge in [-0.25, -0.2) is 0 Å². The van der Waals surface area contributed by atoms with E-state index in [1.807, 2.05) is 6.92 Å². The molecule has 0 bridgehead atoms. The Morgan fingerprint density at radius 1 is 1.39 bits per heavy atom. The summed E-state index contributed by atoms with van der Waals surface area (Å²) in [6, 6.07) is 6.89. The Balaban J connectivity index is 2.22. The van der Waals surface area contributed by atoms with Crippen molar-refractivity contribution in [2.45, 2.75) is 13.3 Å². The van der Waals surface area contributed by atoms with Crippen molar-refractivity contribution >= 4 is 29.1 Å². The number of carbonyl (C=O) groups is 1. The number of nitrogens with one attached hydrogen (secondary N) is 1. The zero-order chi connectivity index (χ0) is 13.4. The Morgan fingerprint density at radius 2 is 2.06 bits per heavy atom. The summed E-state index contributed by atoms with van der Waals surface area (Å²) in [4.78, 5) is 11.5. The summed E-state index contributed by atoms with van der Waals surface area (Å²) in [6.07, 6.45) is 0.889. The molecule has 0 saturated heterocycles. The van der Waals surface area contributed by atoms with Crippen LogP contribution in [-0.2, 0) is 4.79 Å². The summed E-state index contributed by atoms with van der Waals surface area (Å²) in [5.74, 6) is 1.48. The molecular formula is C13H17Cl2NO2. The zero-order valence-electron chi connectivity index (χ0n) is 10.3. The van der Waals surface area contributed by atoms with Crippen LogP contribution in [-0.4, -0.2) is 24.9 Å². The van der Waals surface area contributed by atoms with Gasteiger partial charge < -0.3 is 10.1 Å². The molecular weight excluding hydrogens is 273 g/mol. The summed E-state index contributed by atoms with van der Waals surface area (Å²) >= 11 is 11.4. The number of benzene rings is 1. The molecule has 1 unspecified atom stereocenters. The number of rotatable bonds is 7. The average Bonchev–Trinajstić information content (AvgIpc) is 2.36. The van der Waals surface area contributed by atoms with Gasteiger partial charge in [0.1, 0.15) is 5.75 Å². The van der Waals surface area contributed by atoms with Crippen molar-refractivity contribution < 1.29 is 9.53 Å². The number of amides is 1. The zero-order valence-corrected chi connectivity index (χ0v) is 11.8. The van der Waals surface area contributed by atoms with Crippen LogP contribution in [0.3, 0.4) is 0 Å². The molecule has 18 heavy (non-hydrogen) atoms. The SMILES string of the molecule is CC(CCCl)CNC(=O)COc1ccc(Cl)cc1. The van der Waals surface area contributed by atoms with E-state index in [2.05, 4.69) is 5.32 Å². The number of alkyl halides is 1. The van der Waals surface area contributed by atoms with E-state index in [9.17, 15) is 4.79 Å². The first-order chi connectivity index (χ1) is 8.61. The van der Waals surface area contributed by atoms with Gasteiger partial charge in [0.05, 0.1) is 0 Å². The Labute approximate surface area is 117 Å². The third-order valence-electron chi connectivity index (χ3n) is 2.43. The number of ether oxygens (including phenoxy) is 1. The van der Waals surface area contributed by atoms with Crippen LogP contribution < -0.4 is 10.1 Å². The normalized spacial score (nSPS) is 11.9. The second-order valence-corrected chi connectivity index (χ2v) is 4.94. The lowest BCUT2D eigenvalue weighted by atomic mass is 10.1. The van der Waals surface area contributed by atoms with E-state index in [-0.39, 0.29) is 12.5 Å². The molecule has 0 radical (unpaired) electrons. The molecule has 0 aliphatic heterocycles. The maximum Gasteiger partial charge on any atom is 0.257 e. The van der Waals surface area contributed by atoms with Crippen molar-refractivity contribution in [1.29, 1.82) is 0 Å². The molecule has 0 aromatic heterocycles. The molecule has 0 saturated carbocycles. The van der Waals surface area contributed by atoms with Crippen molar-refractivity contribution in [3.63, 3.8) is 0 Å². The van der Waals surface area contributed by atoms with Crippen molar-refractivity contribution in [1.82, 2.24) is 5.32 Å². The van der Waals surface area contributed by atoms with Gasteiger partial charge in [-0.1, -0.05) is 18.5 Å². The summed E-state index contributed by atoms with van der Waals surface area (Å²) in [7, 11) is 0. The first-order valence-corrected chi connectivity index (χ1v) is 6.74.